The van der Waals surface area contributed by atoms with Crippen LogP contribution < -0.4 is 20.1 Å². The SMILES string of the molecule is COc1ccc(OCC(=O)Nc2ccc(C)cc2Nc2nccc(-c3cccnc3)n2)cc1. The molecule has 0 spiro atoms. The van der Waals surface area contributed by atoms with Crippen LogP contribution in [0.25, 0.3) is 11.3 Å². The number of carbonyl (C=O) groups is 1. The second kappa shape index (κ2) is 10.2. The number of pyridine rings is 1. The summed E-state index contributed by atoms with van der Waals surface area (Å²) in [6.07, 6.45) is 5.13. The number of nitrogens with one attached hydrogen (secondary N) is 2. The van der Waals surface area contributed by atoms with Crippen LogP contribution in [-0.2, 0) is 4.79 Å². The van der Waals surface area contributed by atoms with Gasteiger partial charge in [-0.3, -0.25) is 9.78 Å². The average molecular weight is 441 g/mol. The monoisotopic (exact) mass is 441 g/mol. The Hall–Kier alpha value is -4.46. The van der Waals surface area contributed by atoms with Crippen molar-refractivity contribution in [2.75, 3.05) is 24.4 Å². The van der Waals surface area contributed by atoms with Crippen LogP contribution in [0.15, 0.2) is 79.3 Å². The minimum atomic E-state index is -0.289. The number of hydrogen-bond acceptors (Lipinski definition) is 7. The van der Waals surface area contributed by atoms with Crippen molar-refractivity contribution in [1.82, 2.24) is 15.0 Å². The lowest BCUT2D eigenvalue weighted by Crippen LogP contribution is -2.20. The van der Waals surface area contributed by atoms with Gasteiger partial charge in [-0.1, -0.05) is 6.07 Å². The number of aryl methyl sites for hydroxylation is 1. The Morgan fingerprint density at radius 3 is 2.55 bits per heavy atom. The highest BCUT2D eigenvalue weighted by molar-refractivity contribution is 5.95. The van der Waals surface area contributed by atoms with E-state index in [4.69, 9.17) is 9.47 Å². The standard InChI is InChI=1S/C25H23N5O3/c1-17-5-10-22(28-24(31)16-33-20-8-6-19(32-2)7-9-20)23(14-17)30-25-27-13-11-21(29-25)18-4-3-12-26-15-18/h3-15H,16H2,1-2H3,(H,28,31)(H,27,29,30). The maximum absolute atomic E-state index is 12.5. The van der Waals surface area contributed by atoms with E-state index in [1.165, 1.54) is 0 Å². The van der Waals surface area contributed by atoms with Crippen molar-refractivity contribution in [3.8, 4) is 22.8 Å². The van der Waals surface area contributed by atoms with E-state index in [2.05, 4.69) is 25.6 Å². The van der Waals surface area contributed by atoms with Gasteiger partial charge in [0.1, 0.15) is 11.5 Å². The third-order valence-corrected chi connectivity index (χ3v) is 4.74. The quantitative estimate of drug-likeness (QED) is 0.412. The van der Waals surface area contributed by atoms with E-state index in [9.17, 15) is 4.79 Å². The van der Waals surface area contributed by atoms with Gasteiger partial charge in [0.2, 0.25) is 5.95 Å². The van der Waals surface area contributed by atoms with Gasteiger partial charge in [-0.15, -0.1) is 0 Å². The van der Waals surface area contributed by atoms with E-state index < -0.39 is 0 Å². The maximum Gasteiger partial charge on any atom is 0.262 e. The van der Waals surface area contributed by atoms with E-state index in [1.807, 2.05) is 43.3 Å². The molecule has 0 bridgehead atoms. The summed E-state index contributed by atoms with van der Waals surface area (Å²) < 4.78 is 10.7. The molecule has 4 aromatic rings. The smallest absolute Gasteiger partial charge is 0.262 e. The fourth-order valence-corrected chi connectivity index (χ4v) is 3.09. The summed E-state index contributed by atoms with van der Waals surface area (Å²) in [4.78, 5) is 25.5. The predicted octanol–water partition coefficient (Wildman–Crippen LogP) is 4.62. The summed E-state index contributed by atoms with van der Waals surface area (Å²) in [5.41, 5.74) is 3.92. The lowest BCUT2D eigenvalue weighted by Gasteiger charge is -2.14. The third kappa shape index (κ3) is 5.82. The average Bonchev–Trinajstić information content (AvgIpc) is 2.85. The van der Waals surface area contributed by atoms with Gasteiger partial charge in [0.05, 0.1) is 24.2 Å². The molecule has 4 rings (SSSR count). The number of anilines is 3. The number of rotatable bonds is 8. The molecule has 0 aliphatic heterocycles. The number of methoxy groups -OCH3 is 1. The summed E-state index contributed by atoms with van der Waals surface area (Å²) in [6.45, 7) is 1.84. The van der Waals surface area contributed by atoms with Gasteiger partial charge < -0.3 is 20.1 Å². The molecule has 2 aromatic carbocycles. The van der Waals surface area contributed by atoms with E-state index >= 15 is 0 Å². The highest BCUT2D eigenvalue weighted by Crippen LogP contribution is 2.26. The number of benzene rings is 2. The van der Waals surface area contributed by atoms with Crippen LogP contribution in [0.1, 0.15) is 5.56 Å². The van der Waals surface area contributed by atoms with Gasteiger partial charge in [-0.2, -0.15) is 0 Å². The van der Waals surface area contributed by atoms with Crippen molar-refractivity contribution in [2.24, 2.45) is 0 Å². The molecule has 2 heterocycles. The molecule has 0 aliphatic carbocycles. The Morgan fingerprint density at radius 2 is 1.79 bits per heavy atom. The molecular formula is C25H23N5O3. The summed E-state index contributed by atoms with van der Waals surface area (Å²) in [7, 11) is 1.59. The Kier molecular flexibility index (Phi) is 6.75. The second-order valence-electron chi connectivity index (χ2n) is 7.19. The highest BCUT2D eigenvalue weighted by Gasteiger charge is 2.11. The van der Waals surface area contributed by atoms with Gasteiger partial charge in [-0.05, 0) is 67.1 Å². The Labute approximate surface area is 191 Å². The lowest BCUT2D eigenvalue weighted by molar-refractivity contribution is -0.118. The zero-order valence-electron chi connectivity index (χ0n) is 18.3. The molecular weight excluding hydrogens is 418 g/mol. The molecule has 0 aliphatic rings. The maximum atomic E-state index is 12.5. The topological polar surface area (TPSA) is 98.3 Å². The van der Waals surface area contributed by atoms with Gasteiger partial charge in [0.25, 0.3) is 5.91 Å². The van der Waals surface area contributed by atoms with Gasteiger partial charge in [-0.25, -0.2) is 9.97 Å². The molecule has 1 amide bonds. The second-order valence-corrected chi connectivity index (χ2v) is 7.19. The molecule has 0 fully saturated rings. The van der Waals surface area contributed by atoms with Crippen molar-refractivity contribution < 1.29 is 14.3 Å². The molecule has 8 nitrogen and oxygen atoms in total. The first-order valence-electron chi connectivity index (χ1n) is 10.3. The molecule has 0 saturated heterocycles. The molecule has 0 atom stereocenters. The normalized spacial score (nSPS) is 10.4. The number of amides is 1. The Bertz CT molecular complexity index is 1230. The van der Waals surface area contributed by atoms with Crippen LogP contribution in [0.3, 0.4) is 0 Å². The van der Waals surface area contributed by atoms with Crippen LogP contribution in [0.5, 0.6) is 11.5 Å². The zero-order valence-corrected chi connectivity index (χ0v) is 18.3. The van der Waals surface area contributed by atoms with Gasteiger partial charge >= 0.3 is 0 Å². The van der Waals surface area contributed by atoms with Crippen LogP contribution in [-0.4, -0.2) is 34.6 Å². The summed E-state index contributed by atoms with van der Waals surface area (Å²) in [5, 5.41) is 6.08. The molecule has 0 unspecified atom stereocenters. The van der Waals surface area contributed by atoms with E-state index in [0.29, 0.717) is 23.1 Å². The molecule has 33 heavy (non-hydrogen) atoms. The number of carbonyl (C=O) groups excluding carboxylic acids is 1. The summed E-state index contributed by atoms with van der Waals surface area (Å²) in [5.74, 6) is 1.42. The third-order valence-electron chi connectivity index (χ3n) is 4.74. The first-order chi connectivity index (χ1) is 16.1. The van der Waals surface area contributed by atoms with Gasteiger partial charge in [0.15, 0.2) is 6.61 Å². The summed E-state index contributed by atoms with van der Waals surface area (Å²) in [6, 6.07) is 18.3. The van der Waals surface area contributed by atoms with Crippen LogP contribution in [0.2, 0.25) is 0 Å². The zero-order chi connectivity index (χ0) is 23.0. The molecule has 0 radical (unpaired) electrons. The Morgan fingerprint density at radius 1 is 0.970 bits per heavy atom. The number of hydrogen-bond donors (Lipinski definition) is 2. The van der Waals surface area contributed by atoms with Gasteiger partial charge in [0, 0.05) is 24.2 Å². The Balaban J connectivity index is 1.45. The lowest BCUT2D eigenvalue weighted by atomic mass is 10.2. The largest absolute Gasteiger partial charge is 0.497 e. The first-order valence-corrected chi connectivity index (χ1v) is 10.3. The number of aromatic nitrogens is 3. The van der Waals surface area contributed by atoms with E-state index in [1.54, 1.807) is 50.0 Å². The predicted molar refractivity (Wildman–Crippen MR) is 127 cm³/mol. The minimum absolute atomic E-state index is 0.132. The van der Waals surface area contributed by atoms with Crippen LogP contribution in [0, 0.1) is 6.92 Å². The minimum Gasteiger partial charge on any atom is -0.497 e. The van der Waals surface area contributed by atoms with Crippen LogP contribution >= 0.6 is 0 Å². The van der Waals surface area contributed by atoms with Crippen molar-refractivity contribution in [2.45, 2.75) is 6.92 Å². The fourth-order valence-electron chi connectivity index (χ4n) is 3.09. The molecule has 0 saturated carbocycles. The molecule has 166 valence electrons. The fraction of sp³-hybridized carbons (Fsp3) is 0.120. The van der Waals surface area contributed by atoms with Crippen molar-refractivity contribution in [3.05, 3.63) is 84.8 Å². The highest BCUT2D eigenvalue weighted by atomic mass is 16.5. The van der Waals surface area contributed by atoms with Crippen molar-refractivity contribution in [3.63, 3.8) is 0 Å². The molecule has 2 N–H and O–H groups in total. The number of ether oxygens (including phenoxy) is 2. The molecule has 2 aromatic heterocycles. The van der Waals surface area contributed by atoms with Crippen LogP contribution in [0.4, 0.5) is 17.3 Å². The van der Waals surface area contributed by atoms with E-state index in [0.717, 1.165) is 22.6 Å². The first kappa shape index (κ1) is 21.8. The summed E-state index contributed by atoms with van der Waals surface area (Å²) >= 11 is 0. The van der Waals surface area contributed by atoms with E-state index in [-0.39, 0.29) is 12.5 Å². The van der Waals surface area contributed by atoms with Crippen molar-refractivity contribution >= 4 is 23.2 Å². The van der Waals surface area contributed by atoms with Crippen molar-refractivity contribution in [1.29, 1.82) is 0 Å². The molecule has 8 heteroatoms. The number of nitrogens with zero attached hydrogens (tertiary/aromatic N) is 3.